The number of benzene rings is 9. The highest BCUT2D eigenvalue weighted by atomic mass is 16.3. The molecule has 0 aliphatic carbocycles. The van der Waals surface area contributed by atoms with Gasteiger partial charge in [-0.05, 0) is 82.3 Å². The van der Waals surface area contributed by atoms with Crippen molar-refractivity contribution in [3.8, 4) is 44.5 Å². The highest BCUT2D eigenvalue weighted by molar-refractivity contribution is 6.77. The molecule has 0 atom stereocenters. The molecule has 288 valence electrons. The Balaban J connectivity index is 1.54. The molecule has 1 nitrogen and oxygen atoms in total. The molecular weight excluding hydrogens is 917 g/mol. The minimum Gasteiger partial charge on any atom is -0.457 e. The van der Waals surface area contributed by atoms with E-state index in [1.54, 1.807) is 0 Å². The second kappa shape index (κ2) is 19.6. The Kier molecular flexibility index (Phi) is 14.3. The van der Waals surface area contributed by atoms with Crippen LogP contribution in [0.4, 0.5) is 0 Å². The van der Waals surface area contributed by atoms with Crippen molar-refractivity contribution in [2.45, 2.75) is 0 Å². The molecule has 60 radical (unpaired) electrons. The lowest BCUT2D eigenvalue weighted by atomic mass is 9.54. The fourth-order valence-electron chi connectivity index (χ4n) is 11.1. The average Bonchev–Trinajstić information content (AvgIpc) is 3.84. The predicted molar refractivity (Wildman–Crippen MR) is 370 cm³/mol. The van der Waals surface area contributed by atoms with E-state index in [1.165, 1.54) is 0 Å². The van der Waals surface area contributed by atoms with E-state index >= 15 is 0 Å². The van der Waals surface area contributed by atoms with E-state index in [0.717, 1.165) is 0 Å². The molecule has 0 saturated carbocycles. The maximum atomic E-state index is 7.46. The van der Waals surface area contributed by atoms with Gasteiger partial charge in [0.1, 0.15) is 247 Å². The zero-order valence-electron chi connectivity index (χ0n) is 41.7. The first-order chi connectivity index (χ1) is 36.8. The van der Waals surface area contributed by atoms with Crippen molar-refractivity contribution in [2.75, 3.05) is 0 Å². The summed E-state index contributed by atoms with van der Waals surface area (Å²) in [6.07, 6.45) is 0. The number of furan rings is 1. The third-order valence-electron chi connectivity index (χ3n) is 15.3. The first kappa shape index (κ1) is 57.7. The Morgan fingerprint density at radius 1 is 0.114 bits per heavy atom. The van der Waals surface area contributed by atoms with Gasteiger partial charge < -0.3 is 4.42 Å². The molecule has 0 unspecified atom stereocenters. The molecule has 0 spiro atoms. The molecule has 1 heterocycles. The topological polar surface area (TPSA) is 13.1 Å². The van der Waals surface area contributed by atoms with Crippen LogP contribution < -0.4 is 164 Å². The second-order valence-electron chi connectivity index (χ2n) is 19.2. The summed E-state index contributed by atoms with van der Waals surface area (Å²) < 4.78 is 6.40. The molecule has 0 N–H and O–H groups in total. The van der Waals surface area contributed by atoms with Crippen LogP contribution in [0.3, 0.4) is 0 Å². The van der Waals surface area contributed by atoms with E-state index in [1.807, 2.05) is 0 Å². The van der Waals surface area contributed by atoms with Crippen molar-refractivity contribution in [3.05, 3.63) is 0 Å². The Morgan fingerprint density at radius 2 is 0.304 bits per heavy atom. The van der Waals surface area contributed by atoms with Crippen LogP contribution in [-0.2, 0) is 0 Å². The monoisotopic (exact) mass is 922 g/mol. The number of fused-ring (bicyclic) bond motifs is 6. The third-order valence-corrected chi connectivity index (χ3v) is 15.3. The molecule has 0 saturated heterocycles. The molecule has 10 aromatic rings. The van der Waals surface area contributed by atoms with Gasteiger partial charge in [-0.3, -0.25) is 0 Å². The summed E-state index contributed by atoms with van der Waals surface area (Å²) in [7, 11) is 205. The van der Waals surface area contributed by atoms with Crippen LogP contribution in [-0.4, -0.2) is 235 Å². The van der Waals surface area contributed by atoms with Crippen LogP contribution >= 0.6 is 0 Å². The van der Waals surface area contributed by atoms with E-state index in [-0.39, 0.29) is 263 Å². The second-order valence-corrected chi connectivity index (χ2v) is 19.2. The maximum Gasteiger partial charge on any atom is 0.128 e. The highest BCUT2D eigenvalue weighted by Crippen LogP contribution is 2.41. The van der Waals surface area contributed by atoms with E-state index in [2.05, 4.69) is 0 Å². The van der Waals surface area contributed by atoms with Gasteiger partial charge in [-0.2, -0.15) is 0 Å². The standard InChI is InChI=1S/C48B30O/c49-17-7(18(50)10(13-29(61)42(74)45(77)43(75)30(13)62)19(51)9(17)12-27(59)40(72)44(76)41(73)28(12)60)1-3-5(24(56)36(68)34(66)22(3)54)2(6-4(1)23(55)35(67)37(69)25(6)57)8-20(52)16-15-21(53)11-14(31(63)39(71)38(70)26(11)58)33(65)47(15)79-48(16)46(78)32(8)64. The predicted octanol–water partition coefficient (Wildman–Crippen LogP) is -22.5. The van der Waals surface area contributed by atoms with Crippen LogP contribution in [0.1, 0.15) is 0 Å². The SMILES string of the molecule is [B]c1c([B])c([B])c(-c2c([B])c(-c3c([B])c([B])c([B])c([B])c3[B])c([B])c(-c3c4c([B])c([B])c([B])c([B])c4c(-c4c([B])c([B])c5oc6c([B])c7c([B])c([B])c([B])c([B])c7c([B])c6c5c4[B])c4c([B])c([B])c([B])c([B])c34)c2[B])c([B])c1[B]. The minimum atomic E-state index is -0.330. The number of hydrogen-bond acceptors (Lipinski definition) is 1. The Labute approximate surface area is 498 Å². The number of hydrogen-bond donors (Lipinski definition) is 0. The van der Waals surface area contributed by atoms with Gasteiger partial charge in [-0.25, -0.2) is 0 Å². The number of rotatable bonds is 4. The molecule has 10 rings (SSSR count). The summed E-state index contributed by atoms with van der Waals surface area (Å²) >= 11 is 0. The Bertz CT molecular complexity index is 4360. The molecular formula is C48B30O. The first-order valence-corrected chi connectivity index (χ1v) is 23.1. The van der Waals surface area contributed by atoms with Gasteiger partial charge in [0.15, 0.2) is 0 Å². The van der Waals surface area contributed by atoms with Crippen molar-refractivity contribution in [3.63, 3.8) is 0 Å². The summed E-state index contributed by atoms with van der Waals surface area (Å²) in [5, 5.41) is -0.0314. The normalized spacial score (nSPS) is 11.8. The summed E-state index contributed by atoms with van der Waals surface area (Å²) in [6.45, 7) is 0. The smallest absolute Gasteiger partial charge is 0.128 e. The Hall–Kier alpha value is -4.49. The van der Waals surface area contributed by atoms with Gasteiger partial charge in [0.2, 0.25) is 0 Å². The van der Waals surface area contributed by atoms with Gasteiger partial charge in [0.05, 0.1) is 0 Å². The molecule has 9 aromatic carbocycles. The molecule has 0 aliphatic heterocycles. The van der Waals surface area contributed by atoms with E-state index < -0.39 is 0 Å². The first-order valence-electron chi connectivity index (χ1n) is 23.1. The van der Waals surface area contributed by atoms with E-state index in [4.69, 9.17) is 240 Å². The summed E-state index contributed by atoms with van der Waals surface area (Å²) in [4.78, 5) is 0. The van der Waals surface area contributed by atoms with Crippen molar-refractivity contribution < 1.29 is 4.42 Å². The lowest BCUT2D eigenvalue weighted by Crippen LogP contribution is -2.57. The molecule has 1 aromatic heterocycles. The lowest BCUT2D eigenvalue weighted by molar-refractivity contribution is 0.675. The summed E-state index contributed by atoms with van der Waals surface area (Å²) in [5.74, 6) is 0. The zero-order valence-corrected chi connectivity index (χ0v) is 41.7. The molecule has 31 heteroatoms. The van der Waals surface area contributed by atoms with Gasteiger partial charge in [0, 0.05) is 10.8 Å². The van der Waals surface area contributed by atoms with Crippen LogP contribution in [0, 0.1) is 0 Å². The fraction of sp³-hybridized carbons (Fsp3) is 0. The van der Waals surface area contributed by atoms with Gasteiger partial charge in [-0.1, -0.05) is 92.9 Å². The Morgan fingerprint density at radius 3 is 0.620 bits per heavy atom. The fourth-order valence-corrected chi connectivity index (χ4v) is 11.1. The van der Waals surface area contributed by atoms with Crippen molar-refractivity contribution >= 4 is 454 Å². The van der Waals surface area contributed by atoms with Crippen molar-refractivity contribution in [1.82, 2.24) is 0 Å². The summed E-state index contributed by atoms with van der Waals surface area (Å²) in [5.41, 5.74) is -7.52. The van der Waals surface area contributed by atoms with Crippen molar-refractivity contribution in [1.29, 1.82) is 0 Å². The third kappa shape index (κ3) is 7.52. The van der Waals surface area contributed by atoms with Crippen molar-refractivity contribution in [2.24, 2.45) is 0 Å². The minimum absolute atomic E-state index is 0.0359. The molecule has 79 heavy (non-hydrogen) atoms. The lowest BCUT2D eigenvalue weighted by Gasteiger charge is -2.34. The summed E-state index contributed by atoms with van der Waals surface area (Å²) in [6, 6.07) is 0. The average molecular weight is 917 g/mol. The van der Waals surface area contributed by atoms with Gasteiger partial charge in [0.25, 0.3) is 0 Å². The van der Waals surface area contributed by atoms with Crippen LogP contribution in [0.5, 0.6) is 0 Å². The molecule has 0 amide bonds. The largest absolute Gasteiger partial charge is 0.457 e. The maximum absolute atomic E-state index is 7.46. The van der Waals surface area contributed by atoms with Crippen LogP contribution in [0.25, 0.3) is 98.8 Å². The van der Waals surface area contributed by atoms with Crippen LogP contribution in [0.2, 0.25) is 0 Å². The van der Waals surface area contributed by atoms with Gasteiger partial charge in [-0.15, -0.1) is 65.6 Å². The molecule has 0 bridgehead atoms. The molecule has 0 aliphatic rings. The molecule has 0 fully saturated rings. The quantitative estimate of drug-likeness (QED) is 0.127. The van der Waals surface area contributed by atoms with E-state index in [0.29, 0.717) is 0 Å². The highest BCUT2D eigenvalue weighted by Gasteiger charge is 2.32. The zero-order chi connectivity index (χ0) is 58.4. The van der Waals surface area contributed by atoms with E-state index in [9.17, 15) is 0 Å². The van der Waals surface area contributed by atoms with Crippen LogP contribution in [0.15, 0.2) is 4.42 Å². The van der Waals surface area contributed by atoms with Gasteiger partial charge >= 0.3 is 0 Å².